The maximum atomic E-state index is 12.9. The molecule has 1 amide bonds. The Morgan fingerprint density at radius 3 is 2.69 bits per heavy atom. The molecule has 7 heteroatoms. The van der Waals surface area contributed by atoms with Crippen LogP contribution in [0.1, 0.15) is 13.8 Å². The van der Waals surface area contributed by atoms with Crippen LogP contribution in [0.25, 0.3) is 5.69 Å². The quantitative estimate of drug-likeness (QED) is 0.587. The molecule has 0 bridgehead atoms. The maximum Gasteiger partial charge on any atom is 0.240 e. The Kier molecular flexibility index (Phi) is 5.96. The summed E-state index contributed by atoms with van der Waals surface area (Å²) in [6.45, 7) is 4.46. The zero-order valence-electron chi connectivity index (χ0n) is 14.5. The van der Waals surface area contributed by atoms with E-state index in [1.807, 2.05) is 73.0 Å². The van der Waals surface area contributed by atoms with Crippen LogP contribution in [-0.2, 0) is 4.79 Å². The summed E-state index contributed by atoms with van der Waals surface area (Å²) in [5, 5.41) is 9.13. The van der Waals surface area contributed by atoms with Crippen LogP contribution in [0.3, 0.4) is 0 Å². The van der Waals surface area contributed by atoms with E-state index < -0.39 is 0 Å². The van der Waals surface area contributed by atoms with Gasteiger partial charge < -0.3 is 4.90 Å². The Balaban J connectivity index is 1.79. The van der Waals surface area contributed by atoms with E-state index in [0.29, 0.717) is 16.7 Å². The maximum absolute atomic E-state index is 12.9. The molecule has 0 N–H and O–H groups in total. The third kappa shape index (κ3) is 4.08. The SMILES string of the molecule is CCN(C(=O)C(C)Sc1nncn1-c1cccc(Cl)c1)c1ccccc1. The van der Waals surface area contributed by atoms with E-state index in [-0.39, 0.29) is 11.2 Å². The first-order chi connectivity index (χ1) is 12.6. The Labute approximate surface area is 162 Å². The Morgan fingerprint density at radius 1 is 1.23 bits per heavy atom. The molecule has 5 nitrogen and oxygen atoms in total. The van der Waals surface area contributed by atoms with E-state index in [0.717, 1.165) is 11.4 Å². The van der Waals surface area contributed by atoms with Gasteiger partial charge in [-0.05, 0) is 44.2 Å². The molecule has 1 unspecified atom stereocenters. The Hall–Kier alpha value is -2.31. The number of rotatable bonds is 6. The van der Waals surface area contributed by atoms with E-state index >= 15 is 0 Å². The van der Waals surface area contributed by atoms with Gasteiger partial charge in [0.2, 0.25) is 5.91 Å². The summed E-state index contributed by atoms with van der Waals surface area (Å²) in [4.78, 5) is 14.7. The first kappa shape index (κ1) is 18.5. The van der Waals surface area contributed by atoms with Crippen molar-refractivity contribution in [2.24, 2.45) is 0 Å². The number of halogens is 1. The van der Waals surface area contributed by atoms with Crippen molar-refractivity contribution in [3.63, 3.8) is 0 Å². The number of aromatic nitrogens is 3. The number of hydrogen-bond acceptors (Lipinski definition) is 4. The van der Waals surface area contributed by atoms with Crippen molar-refractivity contribution < 1.29 is 4.79 Å². The number of para-hydroxylation sites is 1. The molecule has 0 spiro atoms. The van der Waals surface area contributed by atoms with Gasteiger partial charge in [0.05, 0.1) is 10.9 Å². The molecule has 134 valence electrons. The normalized spacial score (nSPS) is 12.0. The van der Waals surface area contributed by atoms with Gasteiger partial charge >= 0.3 is 0 Å². The number of nitrogens with zero attached hydrogens (tertiary/aromatic N) is 4. The van der Waals surface area contributed by atoms with Crippen LogP contribution in [0.15, 0.2) is 66.1 Å². The van der Waals surface area contributed by atoms with E-state index in [1.54, 1.807) is 11.2 Å². The lowest BCUT2D eigenvalue weighted by molar-refractivity contribution is -0.117. The van der Waals surface area contributed by atoms with Gasteiger partial charge in [0.1, 0.15) is 6.33 Å². The van der Waals surface area contributed by atoms with Crippen molar-refractivity contribution in [3.05, 3.63) is 65.9 Å². The zero-order chi connectivity index (χ0) is 18.5. The minimum atomic E-state index is -0.308. The highest BCUT2D eigenvalue weighted by atomic mass is 35.5. The largest absolute Gasteiger partial charge is 0.312 e. The average molecular weight is 387 g/mol. The molecule has 0 saturated carbocycles. The molecule has 0 aliphatic rings. The second kappa shape index (κ2) is 8.38. The summed E-state index contributed by atoms with van der Waals surface area (Å²) in [5.74, 6) is 0.0318. The highest BCUT2D eigenvalue weighted by Crippen LogP contribution is 2.27. The topological polar surface area (TPSA) is 51.0 Å². The number of carbonyl (C=O) groups excluding carboxylic acids is 1. The molecule has 3 rings (SSSR count). The van der Waals surface area contributed by atoms with Gasteiger partial charge in [-0.3, -0.25) is 9.36 Å². The molecule has 0 aliphatic heterocycles. The Bertz CT molecular complexity index is 884. The fourth-order valence-electron chi connectivity index (χ4n) is 2.61. The minimum Gasteiger partial charge on any atom is -0.312 e. The van der Waals surface area contributed by atoms with E-state index in [4.69, 9.17) is 11.6 Å². The van der Waals surface area contributed by atoms with Crippen molar-refractivity contribution in [2.45, 2.75) is 24.3 Å². The summed E-state index contributed by atoms with van der Waals surface area (Å²) in [6.07, 6.45) is 1.62. The van der Waals surface area contributed by atoms with Gasteiger partial charge in [-0.15, -0.1) is 10.2 Å². The van der Waals surface area contributed by atoms with Crippen molar-refractivity contribution in [1.82, 2.24) is 14.8 Å². The summed E-state index contributed by atoms with van der Waals surface area (Å²) in [5.41, 5.74) is 1.75. The van der Waals surface area contributed by atoms with Crippen LogP contribution in [0.4, 0.5) is 5.69 Å². The van der Waals surface area contributed by atoms with Crippen LogP contribution in [0.2, 0.25) is 5.02 Å². The standard InChI is InChI=1S/C19H19ClN4OS/c1-3-23(16-9-5-4-6-10-16)18(25)14(2)26-19-22-21-13-24(19)17-11-7-8-15(20)12-17/h4-14H,3H2,1-2H3. The fourth-order valence-corrected chi connectivity index (χ4v) is 3.70. The third-order valence-corrected chi connectivity index (χ3v) is 5.16. The van der Waals surface area contributed by atoms with Crippen LogP contribution in [0.5, 0.6) is 0 Å². The van der Waals surface area contributed by atoms with Crippen molar-refractivity contribution >= 4 is 35.0 Å². The molecule has 1 aromatic heterocycles. The Morgan fingerprint density at radius 2 is 2.00 bits per heavy atom. The second-order valence-corrected chi connectivity index (χ2v) is 7.39. The summed E-state index contributed by atoms with van der Waals surface area (Å²) in [6, 6.07) is 17.1. The second-order valence-electron chi connectivity index (χ2n) is 5.64. The van der Waals surface area contributed by atoms with E-state index in [9.17, 15) is 4.79 Å². The van der Waals surface area contributed by atoms with Crippen LogP contribution >= 0.6 is 23.4 Å². The average Bonchev–Trinajstić information content (AvgIpc) is 3.11. The smallest absolute Gasteiger partial charge is 0.240 e. The van der Waals surface area contributed by atoms with Crippen LogP contribution < -0.4 is 4.90 Å². The summed E-state index contributed by atoms with van der Waals surface area (Å²) < 4.78 is 1.83. The van der Waals surface area contributed by atoms with E-state index in [1.165, 1.54) is 11.8 Å². The van der Waals surface area contributed by atoms with Gasteiger partial charge in [0, 0.05) is 17.3 Å². The molecule has 1 atom stereocenters. The highest BCUT2D eigenvalue weighted by Gasteiger charge is 2.23. The predicted molar refractivity (Wildman–Crippen MR) is 106 cm³/mol. The summed E-state index contributed by atoms with van der Waals surface area (Å²) >= 11 is 7.46. The minimum absolute atomic E-state index is 0.0318. The monoisotopic (exact) mass is 386 g/mol. The predicted octanol–water partition coefficient (Wildman–Crippen LogP) is 4.45. The first-order valence-electron chi connectivity index (χ1n) is 8.29. The first-order valence-corrected chi connectivity index (χ1v) is 9.55. The van der Waals surface area contributed by atoms with Gasteiger partial charge in [-0.1, -0.05) is 47.6 Å². The van der Waals surface area contributed by atoms with Gasteiger partial charge in [-0.25, -0.2) is 0 Å². The molecule has 0 aliphatic carbocycles. The molecule has 0 saturated heterocycles. The number of carbonyl (C=O) groups is 1. The van der Waals surface area contributed by atoms with Crippen molar-refractivity contribution in [3.8, 4) is 5.69 Å². The third-order valence-electron chi connectivity index (χ3n) is 3.88. The lowest BCUT2D eigenvalue weighted by Gasteiger charge is -2.24. The molecule has 26 heavy (non-hydrogen) atoms. The molecule has 1 heterocycles. The zero-order valence-corrected chi connectivity index (χ0v) is 16.1. The number of anilines is 1. The van der Waals surface area contributed by atoms with Crippen molar-refractivity contribution in [1.29, 1.82) is 0 Å². The molecule has 0 radical (unpaired) electrons. The number of thioether (sulfide) groups is 1. The molecule has 3 aromatic rings. The summed E-state index contributed by atoms with van der Waals surface area (Å²) in [7, 11) is 0. The molecule has 0 fully saturated rings. The fraction of sp³-hybridized carbons (Fsp3) is 0.211. The van der Waals surface area contributed by atoms with Gasteiger partial charge in [0.25, 0.3) is 0 Å². The van der Waals surface area contributed by atoms with Crippen LogP contribution in [0, 0.1) is 0 Å². The molecular weight excluding hydrogens is 368 g/mol. The highest BCUT2D eigenvalue weighted by molar-refractivity contribution is 8.00. The van der Waals surface area contributed by atoms with Gasteiger partial charge in [-0.2, -0.15) is 0 Å². The molecular formula is C19H19ClN4OS. The number of hydrogen-bond donors (Lipinski definition) is 0. The lowest BCUT2D eigenvalue weighted by Crippen LogP contribution is -2.36. The van der Waals surface area contributed by atoms with Crippen molar-refractivity contribution in [2.75, 3.05) is 11.4 Å². The number of benzene rings is 2. The lowest BCUT2D eigenvalue weighted by atomic mass is 10.2. The molecule has 2 aromatic carbocycles. The van der Waals surface area contributed by atoms with Crippen LogP contribution in [-0.4, -0.2) is 32.5 Å². The number of amides is 1. The van der Waals surface area contributed by atoms with Gasteiger partial charge in [0.15, 0.2) is 5.16 Å². The van der Waals surface area contributed by atoms with E-state index in [2.05, 4.69) is 10.2 Å².